The van der Waals surface area contributed by atoms with Crippen LogP contribution in [0.1, 0.15) is 18.1 Å². The summed E-state index contributed by atoms with van der Waals surface area (Å²) < 4.78 is 6.81. The number of hydrogen-bond donors (Lipinski definition) is 0. The van der Waals surface area contributed by atoms with Gasteiger partial charge in [-0.3, -0.25) is 19.0 Å². The average Bonchev–Trinajstić information content (AvgIpc) is 2.72. The molecule has 0 aliphatic heterocycles. The van der Waals surface area contributed by atoms with Gasteiger partial charge in [0.1, 0.15) is 0 Å². The van der Waals surface area contributed by atoms with Crippen LogP contribution in [0, 0.1) is 0 Å². The van der Waals surface area contributed by atoms with E-state index in [1.54, 1.807) is 56.6 Å². The molecule has 0 saturated carbocycles. The number of para-hydroxylation sites is 1. The highest BCUT2D eigenvalue weighted by molar-refractivity contribution is 5.84. The SMILES string of the molecule is CN(C)C(=O)[C@@H](OC(=O)CCn1cnc2ccccc2c1=O)c1ccccc1. The molecule has 0 fully saturated rings. The molecule has 0 spiro atoms. The van der Waals surface area contributed by atoms with E-state index in [2.05, 4.69) is 4.98 Å². The Morgan fingerprint density at radius 2 is 1.75 bits per heavy atom. The van der Waals surface area contributed by atoms with Gasteiger partial charge in [0.25, 0.3) is 11.5 Å². The summed E-state index contributed by atoms with van der Waals surface area (Å²) in [4.78, 5) is 42.9. The fourth-order valence-electron chi connectivity index (χ4n) is 2.79. The summed E-state index contributed by atoms with van der Waals surface area (Å²) in [5.41, 5.74) is 0.980. The quantitative estimate of drug-likeness (QED) is 0.613. The van der Waals surface area contributed by atoms with Crippen LogP contribution in [0.25, 0.3) is 10.9 Å². The number of rotatable bonds is 6. The first-order chi connectivity index (χ1) is 13.5. The molecule has 0 bridgehead atoms. The number of fused-ring (bicyclic) bond motifs is 1. The maximum atomic E-state index is 12.5. The Hall–Kier alpha value is -3.48. The Bertz CT molecular complexity index is 1040. The first kappa shape index (κ1) is 19.3. The summed E-state index contributed by atoms with van der Waals surface area (Å²) >= 11 is 0. The highest BCUT2D eigenvalue weighted by Crippen LogP contribution is 2.20. The van der Waals surface area contributed by atoms with Gasteiger partial charge in [0, 0.05) is 26.2 Å². The van der Waals surface area contributed by atoms with E-state index in [1.807, 2.05) is 12.1 Å². The molecule has 7 heteroatoms. The zero-order valence-corrected chi connectivity index (χ0v) is 15.7. The lowest BCUT2D eigenvalue weighted by atomic mass is 10.1. The number of carbonyl (C=O) groups is 2. The Labute approximate surface area is 162 Å². The largest absolute Gasteiger partial charge is 0.447 e. The fourth-order valence-corrected chi connectivity index (χ4v) is 2.79. The predicted octanol–water partition coefficient (Wildman–Crippen LogP) is 2.16. The van der Waals surface area contributed by atoms with E-state index in [9.17, 15) is 14.4 Å². The van der Waals surface area contributed by atoms with Gasteiger partial charge < -0.3 is 9.64 Å². The van der Waals surface area contributed by atoms with Gasteiger partial charge in [-0.1, -0.05) is 42.5 Å². The molecule has 0 unspecified atom stereocenters. The second-order valence-corrected chi connectivity index (χ2v) is 6.52. The Morgan fingerprint density at radius 3 is 2.46 bits per heavy atom. The van der Waals surface area contributed by atoms with E-state index in [0.717, 1.165) is 0 Å². The Balaban J connectivity index is 1.72. The van der Waals surface area contributed by atoms with Gasteiger partial charge in [-0.25, -0.2) is 4.98 Å². The van der Waals surface area contributed by atoms with E-state index in [1.165, 1.54) is 15.8 Å². The molecule has 144 valence electrons. The van der Waals surface area contributed by atoms with Crippen molar-refractivity contribution in [3.05, 3.63) is 76.8 Å². The van der Waals surface area contributed by atoms with Crippen LogP contribution in [0.5, 0.6) is 0 Å². The molecule has 0 radical (unpaired) electrons. The predicted molar refractivity (Wildman–Crippen MR) is 105 cm³/mol. The maximum absolute atomic E-state index is 12.5. The number of aryl methyl sites for hydroxylation is 1. The summed E-state index contributed by atoms with van der Waals surface area (Å²) in [7, 11) is 3.21. The van der Waals surface area contributed by atoms with Gasteiger partial charge in [-0.15, -0.1) is 0 Å². The van der Waals surface area contributed by atoms with Crippen LogP contribution in [0.2, 0.25) is 0 Å². The molecule has 7 nitrogen and oxygen atoms in total. The number of esters is 1. The summed E-state index contributed by atoms with van der Waals surface area (Å²) in [5, 5.41) is 0.489. The third-order valence-electron chi connectivity index (χ3n) is 4.31. The molecule has 1 amide bonds. The van der Waals surface area contributed by atoms with Crippen LogP contribution in [0.15, 0.2) is 65.7 Å². The van der Waals surface area contributed by atoms with E-state index in [0.29, 0.717) is 16.5 Å². The molecular weight excluding hydrogens is 358 g/mol. The number of hydrogen-bond acceptors (Lipinski definition) is 5. The minimum atomic E-state index is -1.02. The summed E-state index contributed by atoms with van der Waals surface area (Å²) in [6, 6.07) is 15.9. The molecule has 1 aromatic heterocycles. The van der Waals surface area contributed by atoms with Crippen molar-refractivity contribution in [2.45, 2.75) is 19.1 Å². The van der Waals surface area contributed by atoms with Crippen molar-refractivity contribution in [3.63, 3.8) is 0 Å². The highest BCUT2D eigenvalue weighted by Gasteiger charge is 2.26. The first-order valence-corrected chi connectivity index (χ1v) is 8.87. The van der Waals surface area contributed by atoms with Gasteiger partial charge in [-0.05, 0) is 12.1 Å². The Morgan fingerprint density at radius 1 is 1.07 bits per heavy atom. The zero-order valence-electron chi connectivity index (χ0n) is 15.7. The van der Waals surface area contributed by atoms with E-state index in [4.69, 9.17) is 4.74 Å². The van der Waals surface area contributed by atoms with Gasteiger partial charge in [0.05, 0.1) is 23.7 Å². The zero-order chi connectivity index (χ0) is 20.1. The molecule has 0 N–H and O–H groups in total. The van der Waals surface area contributed by atoms with E-state index >= 15 is 0 Å². The maximum Gasteiger partial charge on any atom is 0.308 e. The molecule has 0 aliphatic carbocycles. The standard InChI is InChI=1S/C21H21N3O4/c1-23(2)21(27)19(15-8-4-3-5-9-15)28-18(25)12-13-24-14-22-17-11-7-6-10-16(17)20(24)26/h3-11,14,19H,12-13H2,1-2H3/t19-/m0/s1. The van der Waals surface area contributed by atoms with Crippen LogP contribution < -0.4 is 5.56 Å². The molecule has 28 heavy (non-hydrogen) atoms. The Kier molecular flexibility index (Phi) is 5.84. The molecule has 0 saturated heterocycles. The average molecular weight is 379 g/mol. The van der Waals surface area contributed by atoms with Crippen molar-refractivity contribution in [2.24, 2.45) is 0 Å². The highest BCUT2D eigenvalue weighted by atomic mass is 16.5. The number of likely N-dealkylation sites (N-methyl/N-ethyl adjacent to an activating group) is 1. The summed E-state index contributed by atoms with van der Waals surface area (Å²) in [6.45, 7) is 0.118. The molecule has 2 aromatic carbocycles. The molecule has 3 aromatic rings. The van der Waals surface area contributed by atoms with Crippen molar-refractivity contribution < 1.29 is 14.3 Å². The lowest BCUT2D eigenvalue weighted by Crippen LogP contribution is -2.31. The van der Waals surface area contributed by atoms with Gasteiger partial charge in [-0.2, -0.15) is 0 Å². The molecule has 3 rings (SSSR count). The number of carbonyl (C=O) groups excluding carboxylic acids is 2. The van der Waals surface area contributed by atoms with Crippen LogP contribution in [0.4, 0.5) is 0 Å². The lowest BCUT2D eigenvalue weighted by molar-refractivity contribution is -0.160. The number of benzene rings is 2. The number of nitrogens with zero attached hydrogens (tertiary/aromatic N) is 3. The third-order valence-corrected chi connectivity index (χ3v) is 4.31. The van der Waals surface area contributed by atoms with Crippen LogP contribution in [-0.4, -0.2) is 40.4 Å². The monoisotopic (exact) mass is 379 g/mol. The van der Waals surface area contributed by atoms with Crippen molar-refractivity contribution >= 4 is 22.8 Å². The smallest absolute Gasteiger partial charge is 0.308 e. The van der Waals surface area contributed by atoms with Crippen LogP contribution in [-0.2, 0) is 20.9 Å². The van der Waals surface area contributed by atoms with Gasteiger partial charge >= 0.3 is 5.97 Å². The number of aromatic nitrogens is 2. The summed E-state index contributed by atoms with van der Waals surface area (Å²) in [6.07, 6.45) is 0.344. The van der Waals surface area contributed by atoms with E-state index in [-0.39, 0.29) is 24.4 Å². The van der Waals surface area contributed by atoms with Gasteiger partial charge in [0.2, 0.25) is 6.10 Å². The molecule has 1 atom stereocenters. The third kappa shape index (κ3) is 4.25. The second kappa shape index (κ2) is 8.47. The summed E-state index contributed by atoms with van der Waals surface area (Å²) in [5.74, 6) is -0.895. The minimum Gasteiger partial charge on any atom is -0.447 e. The lowest BCUT2D eigenvalue weighted by Gasteiger charge is -2.21. The van der Waals surface area contributed by atoms with Gasteiger partial charge in [0.15, 0.2) is 0 Å². The number of amides is 1. The van der Waals surface area contributed by atoms with E-state index < -0.39 is 12.1 Å². The fraction of sp³-hybridized carbons (Fsp3) is 0.238. The number of ether oxygens (including phenoxy) is 1. The van der Waals surface area contributed by atoms with Crippen molar-refractivity contribution in [2.75, 3.05) is 14.1 Å². The molecular formula is C21H21N3O4. The topological polar surface area (TPSA) is 81.5 Å². The van der Waals surface area contributed by atoms with Crippen LogP contribution in [0.3, 0.4) is 0 Å². The minimum absolute atomic E-state index is 0.0516. The second-order valence-electron chi connectivity index (χ2n) is 6.52. The molecule has 0 aliphatic rings. The van der Waals surface area contributed by atoms with Crippen molar-refractivity contribution in [1.29, 1.82) is 0 Å². The molecule has 1 heterocycles. The first-order valence-electron chi connectivity index (χ1n) is 8.87. The van der Waals surface area contributed by atoms with Crippen molar-refractivity contribution in [1.82, 2.24) is 14.5 Å². The van der Waals surface area contributed by atoms with Crippen LogP contribution >= 0.6 is 0 Å². The van der Waals surface area contributed by atoms with Crippen molar-refractivity contribution in [3.8, 4) is 0 Å². The normalized spacial score (nSPS) is 11.8.